The minimum Gasteiger partial charge on any atom is -0.478 e. The number of ether oxygens (including phenoxy) is 1. The van der Waals surface area contributed by atoms with Gasteiger partial charge in [-0.25, -0.2) is 14.4 Å². The molecule has 0 heterocycles. The molecule has 0 unspecified atom stereocenters. The molecule has 0 saturated carbocycles. The zero-order valence-electron chi connectivity index (χ0n) is 18.4. The van der Waals surface area contributed by atoms with Gasteiger partial charge in [-0.15, -0.1) is 0 Å². The Labute approximate surface area is 204 Å². The molecule has 0 bridgehead atoms. The summed E-state index contributed by atoms with van der Waals surface area (Å²) in [5, 5.41) is 31.0. The molecule has 9 heteroatoms. The Morgan fingerprint density at radius 3 is 1.80 bits per heavy atom. The third-order valence-corrected chi connectivity index (χ3v) is 5.82. The van der Waals surface area contributed by atoms with E-state index < -0.39 is 17.9 Å². The fraction of sp³-hybridized carbons (Fsp3) is 0.0769. The molecule has 0 aliphatic heterocycles. The average molecular weight is 490 g/mol. The van der Waals surface area contributed by atoms with E-state index in [1.807, 2.05) is 0 Å². The Morgan fingerprint density at radius 2 is 1.26 bits per heavy atom. The molecular formula is C26H19NO7S. The number of hydrogen-bond donors (Lipinski definition) is 3. The standard InChI is InChI=1S/C26H19NO7S/c1-2-34-26(35)27(21-12-11-18(23(28)29)14-7-3-5-9-16(14)21)22-17-10-6-4-8-15(17)19(24(30)31)13-20(22)25(32)33/h3-13H,2H2,1H3,(H,28,29)(H,30,31)(H,32,33). The fourth-order valence-electron chi connectivity index (χ4n) is 4.10. The third-order valence-electron chi connectivity index (χ3n) is 5.52. The van der Waals surface area contributed by atoms with Crippen LogP contribution in [0.3, 0.4) is 0 Å². The predicted molar refractivity (Wildman–Crippen MR) is 135 cm³/mol. The van der Waals surface area contributed by atoms with Crippen molar-refractivity contribution in [1.29, 1.82) is 0 Å². The van der Waals surface area contributed by atoms with Crippen molar-refractivity contribution in [2.45, 2.75) is 6.92 Å². The molecule has 176 valence electrons. The van der Waals surface area contributed by atoms with E-state index in [1.165, 1.54) is 17.0 Å². The van der Waals surface area contributed by atoms with Crippen molar-refractivity contribution in [3.8, 4) is 0 Å². The molecule has 0 aliphatic rings. The molecule has 0 atom stereocenters. The van der Waals surface area contributed by atoms with E-state index in [4.69, 9.17) is 17.0 Å². The molecule has 0 aliphatic carbocycles. The molecule has 4 aromatic carbocycles. The van der Waals surface area contributed by atoms with Crippen LogP contribution < -0.4 is 4.90 Å². The highest BCUT2D eigenvalue weighted by Gasteiger charge is 2.29. The third kappa shape index (κ3) is 4.13. The zero-order chi connectivity index (χ0) is 25.3. The second-order valence-corrected chi connectivity index (χ2v) is 7.84. The zero-order valence-corrected chi connectivity index (χ0v) is 19.2. The van der Waals surface area contributed by atoms with E-state index in [9.17, 15) is 29.7 Å². The highest BCUT2D eigenvalue weighted by Crippen LogP contribution is 2.41. The van der Waals surface area contributed by atoms with Crippen LogP contribution in [-0.4, -0.2) is 45.0 Å². The van der Waals surface area contributed by atoms with E-state index in [-0.39, 0.29) is 34.2 Å². The number of carbonyl (C=O) groups is 3. The summed E-state index contributed by atoms with van der Waals surface area (Å²) >= 11 is 5.56. The summed E-state index contributed by atoms with van der Waals surface area (Å²) in [6.07, 6.45) is 0. The van der Waals surface area contributed by atoms with Gasteiger partial charge >= 0.3 is 17.9 Å². The van der Waals surface area contributed by atoms with Crippen LogP contribution in [0.1, 0.15) is 38.0 Å². The number of fused-ring (bicyclic) bond motifs is 2. The predicted octanol–water partition coefficient (Wildman–Crippen LogP) is 5.55. The van der Waals surface area contributed by atoms with Gasteiger partial charge in [-0.3, -0.25) is 4.90 Å². The first-order valence-corrected chi connectivity index (χ1v) is 10.9. The lowest BCUT2D eigenvalue weighted by Crippen LogP contribution is -2.29. The van der Waals surface area contributed by atoms with E-state index >= 15 is 0 Å². The largest absolute Gasteiger partial charge is 0.478 e. The lowest BCUT2D eigenvalue weighted by Gasteiger charge is -2.29. The molecule has 3 N–H and O–H groups in total. The highest BCUT2D eigenvalue weighted by molar-refractivity contribution is 7.80. The van der Waals surface area contributed by atoms with Gasteiger partial charge in [-0.1, -0.05) is 48.5 Å². The number of hydrogen-bond acceptors (Lipinski definition) is 5. The second-order valence-electron chi connectivity index (χ2n) is 7.49. The van der Waals surface area contributed by atoms with Gasteiger partial charge in [-0.2, -0.15) is 0 Å². The SMILES string of the molecule is CCOC(=S)N(c1ccc(C(=O)O)c2ccccc12)c1c(C(=O)O)cc(C(=O)O)c2ccccc12. The van der Waals surface area contributed by atoms with E-state index in [2.05, 4.69) is 0 Å². The topological polar surface area (TPSA) is 124 Å². The van der Waals surface area contributed by atoms with Gasteiger partial charge in [-0.05, 0) is 48.1 Å². The molecule has 35 heavy (non-hydrogen) atoms. The van der Waals surface area contributed by atoms with Gasteiger partial charge < -0.3 is 20.1 Å². The number of aromatic carboxylic acids is 3. The van der Waals surface area contributed by atoms with Crippen molar-refractivity contribution in [1.82, 2.24) is 0 Å². The molecule has 0 saturated heterocycles. The van der Waals surface area contributed by atoms with Gasteiger partial charge in [0.05, 0.1) is 34.7 Å². The molecule has 4 rings (SSSR count). The van der Waals surface area contributed by atoms with Crippen molar-refractivity contribution in [3.05, 3.63) is 83.4 Å². The molecule has 0 fully saturated rings. The Bertz CT molecular complexity index is 1530. The van der Waals surface area contributed by atoms with Gasteiger partial charge in [0.25, 0.3) is 5.17 Å². The smallest absolute Gasteiger partial charge is 0.337 e. The van der Waals surface area contributed by atoms with Crippen LogP contribution in [0, 0.1) is 0 Å². The van der Waals surface area contributed by atoms with Crippen LogP contribution in [0.25, 0.3) is 21.5 Å². The summed E-state index contributed by atoms with van der Waals surface area (Å²) in [5.74, 6) is -3.75. The normalized spacial score (nSPS) is 10.8. The van der Waals surface area contributed by atoms with E-state index in [1.54, 1.807) is 55.5 Å². The van der Waals surface area contributed by atoms with Crippen molar-refractivity contribution >= 4 is 68.2 Å². The molecule has 0 radical (unpaired) electrons. The van der Waals surface area contributed by atoms with Crippen LogP contribution in [0.15, 0.2) is 66.7 Å². The Balaban J connectivity index is 2.17. The molecule has 0 amide bonds. The lowest BCUT2D eigenvalue weighted by molar-refractivity contribution is 0.0684. The van der Waals surface area contributed by atoms with Crippen molar-refractivity contribution < 1.29 is 34.4 Å². The van der Waals surface area contributed by atoms with Gasteiger partial charge in [0.2, 0.25) is 0 Å². The maximum Gasteiger partial charge on any atom is 0.337 e. The monoisotopic (exact) mass is 489 g/mol. The highest BCUT2D eigenvalue weighted by atomic mass is 32.1. The van der Waals surface area contributed by atoms with E-state index in [0.717, 1.165) is 6.07 Å². The Morgan fingerprint density at radius 1 is 0.743 bits per heavy atom. The van der Waals surface area contributed by atoms with Crippen LogP contribution in [0.2, 0.25) is 0 Å². The lowest BCUT2D eigenvalue weighted by atomic mass is 9.96. The van der Waals surface area contributed by atoms with E-state index in [0.29, 0.717) is 27.2 Å². The average Bonchev–Trinajstić information content (AvgIpc) is 2.83. The van der Waals surface area contributed by atoms with Crippen LogP contribution in [0.5, 0.6) is 0 Å². The van der Waals surface area contributed by atoms with Gasteiger partial charge in [0.1, 0.15) is 0 Å². The Kier molecular flexibility index (Phi) is 6.35. The van der Waals surface area contributed by atoms with Crippen molar-refractivity contribution in [2.75, 3.05) is 11.5 Å². The summed E-state index contributed by atoms with van der Waals surface area (Å²) in [5.41, 5.74) is 0.102. The number of nitrogens with zero attached hydrogens (tertiary/aromatic N) is 1. The van der Waals surface area contributed by atoms with Gasteiger partial charge in [0, 0.05) is 10.8 Å². The number of rotatable bonds is 6. The van der Waals surface area contributed by atoms with Gasteiger partial charge in [0.15, 0.2) is 0 Å². The number of thiocarbonyl (C=S) groups is 1. The summed E-state index contributed by atoms with van der Waals surface area (Å²) in [6.45, 7) is 1.91. The molecule has 0 aromatic heterocycles. The molecule has 8 nitrogen and oxygen atoms in total. The first kappa shape index (κ1) is 23.7. The first-order chi connectivity index (χ1) is 16.8. The van der Waals surface area contributed by atoms with Crippen LogP contribution in [0.4, 0.5) is 11.4 Å². The van der Waals surface area contributed by atoms with Crippen LogP contribution >= 0.6 is 12.2 Å². The number of carboxylic acids is 3. The van der Waals surface area contributed by atoms with Crippen LogP contribution in [-0.2, 0) is 4.74 Å². The fourth-order valence-corrected chi connectivity index (χ4v) is 4.41. The summed E-state index contributed by atoms with van der Waals surface area (Å²) in [6, 6.07) is 17.3. The molecule has 4 aromatic rings. The Hall–Kier alpha value is -4.50. The molecule has 0 spiro atoms. The quantitative estimate of drug-likeness (QED) is 0.299. The number of benzene rings is 4. The second kappa shape index (κ2) is 9.40. The number of anilines is 2. The minimum atomic E-state index is -1.36. The summed E-state index contributed by atoms with van der Waals surface area (Å²) < 4.78 is 5.63. The minimum absolute atomic E-state index is 0.0659. The van der Waals surface area contributed by atoms with Crippen molar-refractivity contribution in [3.63, 3.8) is 0 Å². The summed E-state index contributed by atoms with van der Waals surface area (Å²) in [7, 11) is 0. The summed E-state index contributed by atoms with van der Waals surface area (Å²) in [4.78, 5) is 37.6. The maximum absolute atomic E-state index is 12.4. The maximum atomic E-state index is 12.4. The molecular weight excluding hydrogens is 470 g/mol. The van der Waals surface area contributed by atoms with Crippen molar-refractivity contribution in [2.24, 2.45) is 0 Å². The first-order valence-electron chi connectivity index (χ1n) is 10.5. The number of carboxylic acid groups (broad SMARTS) is 3.